The Morgan fingerprint density at radius 3 is 2.33 bits per heavy atom. The molecule has 1 atom stereocenters. The summed E-state index contributed by atoms with van der Waals surface area (Å²) in [5, 5.41) is 2.87. The van der Waals surface area contributed by atoms with Gasteiger partial charge in [0.2, 0.25) is 5.91 Å². The predicted octanol–water partition coefficient (Wildman–Crippen LogP) is 4.24. The van der Waals surface area contributed by atoms with Crippen molar-refractivity contribution in [1.29, 1.82) is 0 Å². The number of methoxy groups -OCH3 is 2. The second kappa shape index (κ2) is 11.0. The van der Waals surface area contributed by atoms with E-state index in [4.69, 9.17) is 21.7 Å². The summed E-state index contributed by atoms with van der Waals surface area (Å²) in [6.07, 6.45) is 4.74. The van der Waals surface area contributed by atoms with Crippen LogP contribution >= 0.6 is 12.2 Å². The standard InChI is InChI=1S/C26H23FN4O4S/c1-34-20-9-3-17(4-10-20)13-14-30-22(15-24(32)29-23-12-11-21(35-2)16-28-23)25(33)31(26(30)36)19-7-5-18(27)6-8-19/h3-14,16,22H,15H2,1-2H3,(H,28,29,32)/b14-13-. The van der Waals surface area contributed by atoms with Gasteiger partial charge in [0.15, 0.2) is 5.11 Å². The summed E-state index contributed by atoms with van der Waals surface area (Å²) in [5.74, 6) is 0.332. The first-order valence-corrected chi connectivity index (χ1v) is 11.3. The third kappa shape index (κ3) is 5.49. The van der Waals surface area contributed by atoms with Crippen molar-refractivity contribution in [1.82, 2.24) is 9.88 Å². The van der Waals surface area contributed by atoms with E-state index in [0.29, 0.717) is 23.0 Å². The van der Waals surface area contributed by atoms with Gasteiger partial charge in [-0.15, -0.1) is 0 Å². The van der Waals surface area contributed by atoms with Gasteiger partial charge in [-0.05, 0) is 72.4 Å². The highest BCUT2D eigenvalue weighted by Gasteiger charge is 2.43. The lowest BCUT2D eigenvalue weighted by molar-refractivity contribution is -0.124. The van der Waals surface area contributed by atoms with Crippen LogP contribution in [0.5, 0.6) is 11.5 Å². The van der Waals surface area contributed by atoms with Gasteiger partial charge in [-0.25, -0.2) is 9.37 Å². The maximum Gasteiger partial charge on any atom is 0.257 e. The largest absolute Gasteiger partial charge is 0.497 e. The van der Waals surface area contributed by atoms with Gasteiger partial charge in [-0.2, -0.15) is 0 Å². The molecular formula is C26H23FN4O4S. The number of hydrogen-bond acceptors (Lipinski definition) is 6. The molecule has 184 valence electrons. The molecule has 4 rings (SSSR count). The quantitative estimate of drug-likeness (QED) is 0.458. The van der Waals surface area contributed by atoms with E-state index >= 15 is 0 Å². The number of ether oxygens (including phenoxy) is 2. The molecule has 3 aromatic rings. The lowest BCUT2D eigenvalue weighted by Crippen LogP contribution is -2.34. The Morgan fingerprint density at radius 1 is 1.06 bits per heavy atom. The number of carbonyl (C=O) groups excluding carboxylic acids is 2. The Labute approximate surface area is 212 Å². The van der Waals surface area contributed by atoms with E-state index in [2.05, 4.69) is 10.3 Å². The van der Waals surface area contributed by atoms with Crippen LogP contribution < -0.4 is 19.7 Å². The molecule has 1 N–H and O–H groups in total. The fraction of sp³-hybridized carbons (Fsp3) is 0.154. The zero-order valence-electron chi connectivity index (χ0n) is 19.6. The highest BCUT2D eigenvalue weighted by Crippen LogP contribution is 2.28. The van der Waals surface area contributed by atoms with Gasteiger partial charge < -0.3 is 19.7 Å². The SMILES string of the molecule is COc1ccc(/C=C\N2C(=S)N(c3ccc(F)cc3)C(=O)C2CC(=O)Nc2ccc(OC)cn2)cc1. The second-order valence-electron chi connectivity index (χ2n) is 7.78. The number of amides is 2. The normalized spacial score (nSPS) is 15.5. The summed E-state index contributed by atoms with van der Waals surface area (Å²) in [6.45, 7) is 0. The topological polar surface area (TPSA) is 84.0 Å². The highest BCUT2D eigenvalue weighted by molar-refractivity contribution is 7.80. The van der Waals surface area contributed by atoms with Crippen LogP contribution in [-0.4, -0.2) is 47.1 Å². The fourth-order valence-electron chi connectivity index (χ4n) is 3.62. The molecule has 2 amide bonds. The molecule has 1 aliphatic heterocycles. The average molecular weight is 507 g/mol. The Hall–Kier alpha value is -4.31. The van der Waals surface area contributed by atoms with Crippen LogP contribution in [0.15, 0.2) is 73.1 Å². The Balaban J connectivity index is 1.58. The van der Waals surface area contributed by atoms with Crippen LogP contribution in [0.4, 0.5) is 15.9 Å². The number of carbonyl (C=O) groups is 2. The molecule has 1 aliphatic rings. The van der Waals surface area contributed by atoms with E-state index in [-0.39, 0.29) is 11.5 Å². The van der Waals surface area contributed by atoms with E-state index in [1.807, 2.05) is 24.3 Å². The molecule has 0 radical (unpaired) electrons. The van der Waals surface area contributed by atoms with Gasteiger partial charge in [0.05, 0.1) is 32.5 Å². The molecule has 8 nitrogen and oxygen atoms in total. The number of benzene rings is 2. The number of halogens is 1. The summed E-state index contributed by atoms with van der Waals surface area (Å²) in [4.78, 5) is 33.3. The maximum atomic E-state index is 13.5. The van der Waals surface area contributed by atoms with Crippen molar-refractivity contribution in [2.45, 2.75) is 12.5 Å². The average Bonchev–Trinajstić information content (AvgIpc) is 3.12. The summed E-state index contributed by atoms with van der Waals surface area (Å²) >= 11 is 5.60. The summed E-state index contributed by atoms with van der Waals surface area (Å²) < 4.78 is 23.7. The molecule has 1 fully saturated rings. The monoisotopic (exact) mass is 506 g/mol. The van der Waals surface area contributed by atoms with Gasteiger partial charge in [0.1, 0.15) is 29.2 Å². The number of aromatic nitrogens is 1. The molecule has 2 aromatic carbocycles. The van der Waals surface area contributed by atoms with Crippen LogP contribution in [0, 0.1) is 5.82 Å². The smallest absolute Gasteiger partial charge is 0.257 e. The van der Waals surface area contributed by atoms with E-state index in [1.54, 1.807) is 36.4 Å². The first-order valence-electron chi connectivity index (χ1n) is 10.9. The van der Waals surface area contributed by atoms with Crippen LogP contribution in [0.1, 0.15) is 12.0 Å². The lowest BCUT2D eigenvalue weighted by atomic mass is 10.1. The van der Waals surface area contributed by atoms with E-state index in [1.165, 1.54) is 42.5 Å². The van der Waals surface area contributed by atoms with Crippen molar-refractivity contribution in [2.24, 2.45) is 0 Å². The minimum Gasteiger partial charge on any atom is -0.497 e. The number of rotatable bonds is 8. The van der Waals surface area contributed by atoms with Crippen molar-refractivity contribution in [3.63, 3.8) is 0 Å². The molecule has 36 heavy (non-hydrogen) atoms. The van der Waals surface area contributed by atoms with Crippen LogP contribution in [0.25, 0.3) is 6.08 Å². The third-order valence-corrected chi connectivity index (χ3v) is 5.89. The predicted molar refractivity (Wildman–Crippen MR) is 138 cm³/mol. The number of nitrogens with one attached hydrogen (secondary N) is 1. The van der Waals surface area contributed by atoms with Crippen molar-refractivity contribution in [2.75, 3.05) is 24.4 Å². The molecule has 1 unspecified atom stereocenters. The zero-order valence-corrected chi connectivity index (χ0v) is 20.4. The Bertz CT molecular complexity index is 1280. The number of nitrogens with zero attached hydrogens (tertiary/aromatic N) is 3. The molecule has 0 spiro atoms. The van der Waals surface area contributed by atoms with E-state index in [9.17, 15) is 14.0 Å². The van der Waals surface area contributed by atoms with E-state index in [0.717, 1.165) is 5.56 Å². The van der Waals surface area contributed by atoms with Gasteiger partial charge in [-0.1, -0.05) is 12.1 Å². The molecule has 0 saturated carbocycles. The summed E-state index contributed by atoms with van der Waals surface area (Å²) in [6, 6.07) is 15.1. The number of thiocarbonyl (C=S) groups is 1. The molecule has 2 heterocycles. The minimum absolute atomic E-state index is 0.178. The van der Waals surface area contributed by atoms with E-state index < -0.39 is 23.7 Å². The summed E-state index contributed by atoms with van der Waals surface area (Å²) in [5.41, 5.74) is 1.26. The lowest BCUT2D eigenvalue weighted by Gasteiger charge is -2.19. The number of anilines is 2. The molecule has 10 heteroatoms. The number of hydrogen-bond donors (Lipinski definition) is 1. The van der Waals surface area contributed by atoms with Gasteiger partial charge in [-0.3, -0.25) is 14.5 Å². The molecule has 1 aromatic heterocycles. The molecule has 0 bridgehead atoms. The third-order valence-electron chi connectivity index (χ3n) is 5.50. The second-order valence-corrected chi connectivity index (χ2v) is 8.15. The van der Waals surface area contributed by atoms with Crippen molar-refractivity contribution in [3.8, 4) is 11.5 Å². The zero-order chi connectivity index (χ0) is 25.7. The van der Waals surface area contributed by atoms with Crippen molar-refractivity contribution < 1.29 is 23.5 Å². The summed E-state index contributed by atoms with van der Waals surface area (Å²) in [7, 11) is 3.10. The van der Waals surface area contributed by atoms with Gasteiger partial charge in [0, 0.05) is 6.20 Å². The highest BCUT2D eigenvalue weighted by atomic mass is 32.1. The molecule has 0 aliphatic carbocycles. The van der Waals surface area contributed by atoms with Gasteiger partial charge in [0.25, 0.3) is 5.91 Å². The molecule has 1 saturated heterocycles. The minimum atomic E-state index is -0.907. The van der Waals surface area contributed by atoms with Crippen molar-refractivity contribution in [3.05, 3.63) is 84.4 Å². The van der Waals surface area contributed by atoms with Crippen molar-refractivity contribution >= 4 is 46.7 Å². The van der Waals surface area contributed by atoms with Crippen LogP contribution in [0.2, 0.25) is 0 Å². The Morgan fingerprint density at radius 2 is 1.72 bits per heavy atom. The van der Waals surface area contributed by atoms with Gasteiger partial charge >= 0.3 is 0 Å². The number of pyridine rings is 1. The van der Waals surface area contributed by atoms with Crippen LogP contribution in [-0.2, 0) is 9.59 Å². The van der Waals surface area contributed by atoms with Crippen LogP contribution in [0.3, 0.4) is 0 Å². The molecular weight excluding hydrogens is 483 g/mol. The first kappa shape index (κ1) is 24.8. The maximum absolute atomic E-state index is 13.5. The Kier molecular flexibility index (Phi) is 7.55. The first-order chi connectivity index (χ1) is 17.4. The fourth-order valence-corrected chi connectivity index (χ4v) is 4.00.